The van der Waals surface area contributed by atoms with Crippen molar-refractivity contribution in [2.24, 2.45) is 5.41 Å². The first-order chi connectivity index (χ1) is 7.29. The van der Waals surface area contributed by atoms with Gasteiger partial charge in [0.05, 0.1) is 5.69 Å². The molecule has 90 valence electrons. The van der Waals surface area contributed by atoms with Crippen molar-refractivity contribution in [1.82, 2.24) is 10.3 Å². The summed E-state index contributed by atoms with van der Waals surface area (Å²) in [6.45, 7) is 8.92. The summed E-state index contributed by atoms with van der Waals surface area (Å²) in [5.41, 5.74) is 6.48. The summed E-state index contributed by atoms with van der Waals surface area (Å²) in [7, 11) is 0. The van der Waals surface area contributed by atoms with Gasteiger partial charge < -0.3 is 11.1 Å². The largest absolute Gasteiger partial charge is 0.375 e. The van der Waals surface area contributed by atoms with Crippen LogP contribution in [0.3, 0.4) is 0 Å². The number of rotatable bonds is 3. The standard InChI is InChI=1S/C11H19N3OS/c1-7-8(16-10(12)14-7)9(15)13-6-5-11(2,3)4/h5-6H2,1-4H3,(H2,12,14)(H,13,15). The van der Waals surface area contributed by atoms with E-state index in [1.807, 2.05) is 0 Å². The Morgan fingerprint density at radius 1 is 1.50 bits per heavy atom. The summed E-state index contributed by atoms with van der Waals surface area (Å²) in [6.07, 6.45) is 0.950. The molecule has 0 saturated heterocycles. The fourth-order valence-corrected chi connectivity index (χ4v) is 2.01. The maximum atomic E-state index is 11.8. The van der Waals surface area contributed by atoms with E-state index in [0.29, 0.717) is 22.2 Å². The van der Waals surface area contributed by atoms with E-state index in [0.717, 1.165) is 6.42 Å². The van der Waals surface area contributed by atoms with Gasteiger partial charge in [-0.3, -0.25) is 4.79 Å². The van der Waals surface area contributed by atoms with Crippen LogP contribution in [0, 0.1) is 12.3 Å². The maximum absolute atomic E-state index is 11.8. The molecule has 1 amide bonds. The lowest BCUT2D eigenvalue weighted by Gasteiger charge is -2.17. The first-order valence-corrected chi connectivity index (χ1v) is 6.12. The number of anilines is 1. The fraction of sp³-hybridized carbons (Fsp3) is 0.636. The molecule has 4 nitrogen and oxygen atoms in total. The average Bonchev–Trinajstić information content (AvgIpc) is 2.43. The molecule has 0 saturated carbocycles. The second-order valence-electron chi connectivity index (χ2n) is 5.03. The highest BCUT2D eigenvalue weighted by Gasteiger charge is 2.15. The molecule has 5 heteroatoms. The van der Waals surface area contributed by atoms with Gasteiger partial charge in [0.15, 0.2) is 5.13 Å². The number of nitrogens with two attached hydrogens (primary N) is 1. The topological polar surface area (TPSA) is 68.0 Å². The average molecular weight is 241 g/mol. The number of nitrogens with zero attached hydrogens (tertiary/aromatic N) is 1. The predicted octanol–water partition coefficient (Wildman–Crippen LogP) is 2.20. The maximum Gasteiger partial charge on any atom is 0.263 e. The molecule has 1 aromatic rings. The molecule has 0 radical (unpaired) electrons. The lowest BCUT2D eigenvalue weighted by atomic mass is 9.92. The van der Waals surface area contributed by atoms with Crippen LogP contribution < -0.4 is 11.1 Å². The van der Waals surface area contributed by atoms with Crippen LogP contribution in [0.5, 0.6) is 0 Å². The van der Waals surface area contributed by atoms with Gasteiger partial charge in [0, 0.05) is 6.54 Å². The van der Waals surface area contributed by atoms with Crippen LogP contribution in [0.4, 0.5) is 5.13 Å². The lowest BCUT2D eigenvalue weighted by molar-refractivity contribution is 0.0953. The van der Waals surface area contributed by atoms with Crippen molar-refractivity contribution < 1.29 is 4.79 Å². The summed E-state index contributed by atoms with van der Waals surface area (Å²) in [5, 5.41) is 3.33. The number of aromatic nitrogens is 1. The van der Waals surface area contributed by atoms with Crippen molar-refractivity contribution in [1.29, 1.82) is 0 Å². The van der Waals surface area contributed by atoms with Crippen molar-refractivity contribution in [3.8, 4) is 0 Å². The number of carbonyl (C=O) groups excluding carboxylic acids is 1. The molecule has 0 aliphatic carbocycles. The molecule has 0 fully saturated rings. The van der Waals surface area contributed by atoms with E-state index < -0.39 is 0 Å². The molecule has 0 bridgehead atoms. The van der Waals surface area contributed by atoms with Crippen molar-refractivity contribution in [2.45, 2.75) is 34.1 Å². The van der Waals surface area contributed by atoms with Crippen LogP contribution in [0.15, 0.2) is 0 Å². The monoisotopic (exact) mass is 241 g/mol. The minimum absolute atomic E-state index is 0.0732. The van der Waals surface area contributed by atoms with Gasteiger partial charge in [-0.2, -0.15) is 0 Å². The lowest BCUT2D eigenvalue weighted by Crippen LogP contribution is -2.27. The normalized spacial score (nSPS) is 11.5. The predicted molar refractivity (Wildman–Crippen MR) is 67.7 cm³/mol. The van der Waals surface area contributed by atoms with Crippen molar-refractivity contribution in [3.05, 3.63) is 10.6 Å². The Kier molecular flexibility index (Phi) is 3.91. The van der Waals surface area contributed by atoms with Crippen LogP contribution in [0.25, 0.3) is 0 Å². The Morgan fingerprint density at radius 2 is 2.12 bits per heavy atom. The van der Waals surface area contributed by atoms with E-state index in [-0.39, 0.29) is 11.3 Å². The summed E-state index contributed by atoms with van der Waals surface area (Å²) < 4.78 is 0. The number of nitrogen functional groups attached to an aromatic ring is 1. The second kappa shape index (κ2) is 4.82. The van der Waals surface area contributed by atoms with Crippen molar-refractivity contribution in [3.63, 3.8) is 0 Å². The molecule has 0 atom stereocenters. The highest BCUT2D eigenvalue weighted by molar-refractivity contribution is 7.17. The van der Waals surface area contributed by atoms with Crippen molar-refractivity contribution >= 4 is 22.4 Å². The zero-order valence-corrected chi connectivity index (χ0v) is 11.1. The SMILES string of the molecule is Cc1nc(N)sc1C(=O)NCCC(C)(C)C. The van der Waals surface area contributed by atoms with E-state index in [2.05, 4.69) is 31.1 Å². The van der Waals surface area contributed by atoms with Gasteiger partial charge in [-0.05, 0) is 18.8 Å². The first-order valence-electron chi connectivity index (χ1n) is 5.31. The number of hydrogen-bond donors (Lipinski definition) is 2. The Balaban J connectivity index is 2.51. The smallest absolute Gasteiger partial charge is 0.263 e. The Labute approximate surface area is 100 Å². The summed E-state index contributed by atoms with van der Waals surface area (Å²) in [5.74, 6) is -0.0732. The number of carbonyl (C=O) groups is 1. The summed E-state index contributed by atoms with van der Waals surface area (Å²) in [6, 6.07) is 0. The Hall–Kier alpha value is -1.10. The van der Waals surface area contributed by atoms with Gasteiger partial charge in [0.25, 0.3) is 5.91 Å². The van der Waals surface area contributed by atoms with Gasteiger partial charge in [0.1, 0.15) is 4.88 Å². The second-order valence-corrected chi connectivity index (χ2v) is 6.06. The molecular weight excluding hydrogens is 222 g/mol. The number of thiazole rings is 1. The molecule has 0 aromatic carbocycles. The van der Waals surface area contributed by atoms with Gasteiger partial charge in [-0.15, -0.1) is 0 Å². The molecule has 0 unspecified atom stereocenters. The molecule has 1 heterocycles. The number of aryl methyl sites for hydroxylation is 1. The minimum atomic E-state index is -0.0732. The summed E-state index contributed by atoms with van der Waals surface area (Å²) >= 11 is 1.24. The quantitative estimate of drug-likeness (QED) is 0.852. The number of nitrogens with one attached hydrogen (secondary N) is 1. The fourth-order valence-electron chi connectivity index (χ4n) is 1.26. The van der Waals surface area contributed by atoms with E-state index in [1.165, 1.54) is 11.3 Å². The van der Waals surface area contributed by atoms with Gasteiger partial charge >= 0.3 is 0 Å². The third kappa shape index (κ3) is 3.81. The molecule has 16 heavy (non-hydrogen) atoms. The van der Waals surface area contributed by atoms with E-state index in [1.54, 1.807) is 6.92 Å². The van der Waals surface area contributed by atoms with E-state index >= 15 is 0 Å². The third-order valence-electron chi connectivity index (χ3n) is 2.18. The zero-order valence-electron chi connectivity index (χ0n) is 10.3. The zero-order chi connectivity index (χ0) is 12.3. The third-order valence-corrected chi connectivity index (χ3v) is 3.17. The number of amides is 1. The highest BCUT2D eigenvalue weighted by Crippen LogP contribution is 2.20. The summed E-state index contributed by atoms with van der Waals surface area (Å²) in [4.78, 5) is 16.4. The molecule has 0 aliphatic heterocycles. The van der Waals surface area contributed by atoms with Gasteiger partial charge in [0.2, 0.25) is 0 Å². The first kappa shape index (κ1) is 13.0. The van der Waals surface area contributed by atoms with E-state index in [4.69, 9.17) is 5.73 Å². The molecule has 0 aliphatic rings. The highest BCUT2D eigenvalue weighted by atomic mass is 32.1. The van der Waals surface area contributed by atoms with Crippen molar-refractivity contribution in [2.75, 3.05) is 12.3 Å². The van der Waals surface area contributed by atoms with Crippen LogP contribution in [-0.2, 0) is 0 Å². The molecular formula is C11H19N3OS. The Bertz CT molecular complexity index is 379. The van der Waals surface area contributed by atoms with Crippen LogP contribution in [0.2, 0.25) is 0 Å². The molecule has 3 N–H and O–H groups in total. The van der Waals surface area contributed by atoms with Crippen LogP contribution in [-0.4, -0.2) is 17.4 Å². The molecule has 1 rings (SSSR count). The van der Waals surface area contributed by atoms with Crippen LogP contribution >= 0.6 is 11.3 Å². The Morgan fingerprint density at radius 3 is 2.56 bits per heavy atom. The van der Waals surface area contributed by atoms with Crippen LogP contribution in [0.1, 0.15) is 42.6 Å². The van der Waals surface area contributed by atoms with E-state index in [9.17, 15) is 4.79 Å². The van der Waals surface area contributed by atoms with Gasteiger partial charge in [-0.1, -0.05) is 32.1 Å². The number of hydrogen-bond acceptors (Lipinski definition) is 4. The molecule has 0 spiro atoms. The minimum Gasteiger partial charge on any atom is -0.375 e. The molecule has 1 aromatic heterocycles. The van der Waals surface area contributed by atoms with Gasteiger partial charge in [-0.25, -0.2) is 4.98 Å².